The van der Waals surface area contributed by atoms with Crippen molar-refractivity contribution in [3.8, 4) is 23.0 Å². The maximum Gasteiger partial charge on any atom is 0.284 e. The van der Waals surface area contributed by atoms with Crippen LogP contribution in [0.1, 0.15) is 48.2 Å². The minimum atomic E-state index is -0.522. The zero-order valence-corrected chi connectivity index (χ0v) is 19.8. The summed E-state index contributed by atoms with van der Waals surface area (Å²) in [6.45, 7) is 2.52. The van der Waals surface area contributed by atoms with Crippen LogP contribution in [0.4, 0.5) is 0 Å². The molecular formula is C27H25N7O2. The molecule has 1 aliphatic rings. The number of benzene rings is 2. The van der Waals surface area contributed by atoms with Crippen molar-refractivity contribution < 1.29 is 9.53 Å². The Morgan fingerprint density at radius 2 is 1.81 bits per heavy atom. The van der Waals surface area contributed by atoms with Gasteiger partial charge in [-0.15, -0.1) is 10.2 Å². The molecule has 0 atom stereocenters. The van der Waals surface area contributed by atoms with Crippen molar-refractivity contribution in [3.05, 3.63) is 84.6 Å². The van der Waals surface area contributed by atoms with Crippen molar-refractivity contribution in [1.82, 2.24) is 29.3 Å². The van der Waals surface area contributed by atoms with E-state index in [1.165, 1.54) is 0 Å². The van der Waals surface area contributed by atoms with Gasteiger partial charge in [0.2, 0.25) is 0 Å². The topological polar surface area (TPSA) is 114 Å². The van der Waals surface area contributed by atoms with Crippen LogP contribution in [0.3, 0.4) is 0 Å². The number of primary amides is 1. The number of pyridine rings is 1. The minimum absolute atomic E-state index is 0.0953. The molecule has 1 aliphatic carbocycles. The van der Waals surface area contributed by atoms with Gasteiger partial charge in [-0.1, -0.05) is 30.3 Å². The number of carbonyl (C=O) groups is 1. The Balaban J connectivity index is 1.36. The summed E-state index contributed by atoms with van der Waals surface area (Å²) in [5.74, 6) is 2.18. The Morgan fingerprint density at radius 1 is 1.03 bits per heavy atom. The first-order valence-corrected chi connectivity index (χ1v) is 12.0. The first kappa shape index (κ1) is 22.0. The molecule has 0 aliphatic heterocycles. The number of hydrogen-bond acceptors (Lipinski definition) is 6. The van der Waals surface area contributed by atoms with Gasteiger partial charge < -0.3 is 15.0 Å². The predicted molar refractivity (Wildman–Crippen MR) is 135 cm³/mol. The van der Waals surface area contributed by atoms with Gasteiger partial charge in [-0.25, -0.2) is 9.97 Å². The van der Waals surface area contributed by atoms with Crippen molar-refractivity contribution >= 4 is 16.9 Å². The first-order valence-electron chi connectivity index (χ1n) is 12.0. The van der Waals surface area contributed by atoms with E-state index in [0.29, 0.717) is 29.7 Å². The zero-order chi connectivity index (χ0) is 24.6. The summed E-state index contributed by atoms with van der Waals surface area (Å²) < 4.78 is 9.59. The second-order valence-electron chi connectivity index (χ2n) is 8.85. The number of amides is 1. The largest absolute Gasteiger partial charge is 0.492 e. The molecule has 36 heavy (non-hydrogen) atoms. The Hall–Kier alpha value is -4.53. The van der Waals surface area contributed by atoms with E-state index in [4.69, 9.17) is 10.5 Å². The molecule has 9 heteroatoms. The third-order valence-corrected chi connectivity index (χ3v) is 6.64. The maximum atomic E-state index is 12.1. The molecule has 6 rings (SSSR count). The summed E-state index contributed by atoms with van der Waals surface area (Å²) in [5, 5.41) is 9.15. The van der Waals surface area contributed by atoms with Crippen LogP contribution in [-0.2, 0) is 0 Å². The van der Waals surface area contributed by atoms with E-state index in [1.54, 1.807) is 6.20 Å². The normalized spacial score (nSPS) is 17.1. The second kappa shape index (κ2) is 8.92. The lowest BCUT2D eigenvalue weighted by Crippen LogP contribution is -2.30. The number of imidazole rings is 1. The van der Waals surface area contributed by atoms with Crippen LogP contribution in [0.25, 0.3) is 28.2 Å². The number of ether oxygens (including phenoxy) is 1. The smallest absolute Gasteiger partial charge is 0.284 e. The number of rotatable bonds is 7. The van der Waals surface area contributed by atoms with Crippen LogP contribution in [0.2, 0.25) is 0 Å². The van der Waals surface area contributed by atoms with Crippen molar-refractivity contribution in [3.63, 3.8) is 0 Å². The van der Waals surface area contributed by atoms with E-state index >= 15 is 0 Å². The SMILES string of the molecule is CCOc1ccc(-c2nnc(C3CC(n4c(C(N)=O)nc5ccccc54)C3)n2-c2ccccc2)nc1. The number of nitrogens with zero attached hydrogens (tertiary/aromatic N) is 6. The van der Waals surface area contributed by atoms with Gasteiger partial charge in [0.05, 0.1) is 23.8 Å². The molecule has 0 saturated heterocycles. The van der Waals surface area contributed by atoms with Gasteiger partial charge in [-0.05, 0) is 56.2 Å². The molecule has 9 nitrogen and oxygen atoms in total. The van der Waals surface area contributed by atoms with Crippen LogP contribution < -0.4 is 10.5 Å². The molecule has 3 heterocycles. The number of hydrogen-bond donors (Lipinski definition) is 1. The summed E-state index contributed by atoms with van der Waals surface area (Å²) in [7, 11) is 0. The third-order valence-electron chi connectivity index (χ3n) is 6.64. The van der Waals surface area contributed by atoms with E-state index in [1.807, 2.05) is 78.2 Å². The summed E-state index contributed by atoms with van der Waals surface area (Å²) in [6.07, 6.45) is 3.29. The minimum Gasteiger partial charge on any atom is -0.492 e. The molecule has 0 radical (unpaired) electrons. The van der Waals surface area contributed by atoms with Gasteiger partial charge in [-0.2, -0.15) is 0 Å². The third kappa shape index (κ3) is 3.69. The molecule has 180 valence electrons. The molecular weight excluding hydrogens is 454 g/mol. The lowest BCUT2D eigenvalue weighted by Gasteiger charge is -2.36. The maximum absolute atomic E-state index is 12.1. The monoisotopic (exact) mass is 479 g/mol. The first-order chi connectivity index (χ1) is 17.6. The van der Waals surface area contributed by atoms with Crippen molar-refractivity contribution in [2.24, 2.45) is 5.73 Å². The number of aromatic nitrogens is 6. The highest BCUT2D eigenvalue weighted by Crippen LogP contribution is 2.46. The van der Waals surface area contributed by atoms with Crippen molar-refractivity contribution in [2.75, 3.05) is 6.61 Å². The van der Waals surface area contributed by atoms with E-state index < -0.39 is 5.91 Å². The van der Waals surface area contributed by atoms with Crippen LogP contribution in [0.5, 0.6) is 5.75 Å². The van der Waals surface area contributed by atoms with E-state index in [2.05, 4.69) is 24.7 Å². The van der Waals surface area contributed by atoms with Crippen molar-refractivity contribution in [2.45, 2.75) is 31.7 Å². The molecule has 2 N–H and O–H groups in total. The fourth-order valence-corrected chi connectivity index (χ4v) is 4.92. The van der Waals surface area contributed by atoms with E-state index in [9.17, 15) is 4.79 Å². The Morgan fingerprint density at radius 3 is 2.53 bits per heavy atom. The molecule has 3 aromatic heterocycles. The second-order valence-corrected chi connectivity index (χ2v) is 8.85. The van der Waals surface area contributed by atoms with E-state index in [0.717, 1.165) is 35.4 Å². The fourth-order valence-electron chi connectivity index (χ4n) is 4.92. The van der Waals surface area contributed by atoms with Gasteiger partial charge >= 0.3 is 0 Å². The van der Waals surface area contributed by atoms with Crippen LogP contribution >= 0.6 is 0 Å². The summed E-state index contributed by atoms with van der Waals surface area (Å²) in [5.41, 5.74) is 9.04. The van der Waals surface area contributed by atoms with Crippen molar-refractivity contribution in [1.29, 1.82) is 0 Å². The van der Waals surface area contributed by atoms with Gasteiger partial charge in [0, 0.05) is 17.6 Å². The molecule has 1 fully saturated rings. The molecule has 2 aromatic carbocycles. The number of nitrogens with two attached hydrogens (primary N) is 1. The molecule has 0 spiro atoms. The number of fused-ring (bicyclic) bond motifs is 1. The molecule has 0 unspecified atom stereocenters. The summed E-state index contributed by atoms with van der Waals surface area (Å²) in [6, 6.07) is 21.7. The Bertz CT molecular complexity index is 1530. The van der Waals surface area contributed by atoms with Gasteiger partial charge in [0.25, 0.3) is 5.91 Å². The molecule has 5 aromatic rings. The number of carbonyl (C=O) groups excluding carboxylic acids is 1. The van der Waals surface area contributed by atoms with Gasteiger partial charge in [-0.3, -0.25) is 9.36 Å². The summed E-state index contributed by atoms with van der Waals surface area (Å²) >= 11 is 0. The average Bonchev–Trinajstić information content (AvgIpc) is 3.47. The van der Waals surface area contributed by atoms with E-state index in [-0.39, 0.29) is 12.0 Å². The highest BCUT2D eigenvalue weighted by molar-refractivity contribution is 5.93. The average molecular weight is 480 g/mol. The van der Waals surface area contributed by atoms with Gasteiger partial charge in [0.15, 0.2) is 11.6 Å². The summed E-state index contributed by atoms with van der Waals surface area (Å²) in [4.78, 5) is 21.2. The highest BCUT2D eigenvalue weighted by Gasteiger charge is 2.38. The molecule has 1 amide bonds. The molecule has 0 bridgehead atoms. The Labute approximate surface area is 207 Å². The molecule has 1 saturated carbocycles. The van der Waals surface area contributed by atoms with Crippen LogP contribution in [0, 0.1) is 0 Å². The Kier molecular flexibility index (Phi) is 5.44. The number of para-hydroxylation sites is 3. The zero-order valence-electron chi connectivity index (χ0n) is 19.8. The highest BCUT2D eigenvalue weighted by atomic mass is 16.5. The van der Waals surface area contributed by atoms with Crippen LogP contribution in [0.15, 0.2) is 72.9 Å². The van der Waals surface area contributed by atoms with Crippen LogP contribution in [-0.4, -0.2) is 41.8 Å². The van der Waals surface area contributed by atoms with Gasteiger partial charge in [0.1, 0.15) is 17.3 Å². The quantitative estimate of drug-likeness (QED) is 0.372. The predicted octanol–water partition coefficient (Wildman–Crippen LogP) is 4.30. The lowest BCUT2D eigenvalue weighted by molar-refractivity contribution is 0.0979. The fraction of sp³-hybridized carbons (Fsp3) is 0.222. The standard InChI is InChI=1S/C27H25N7O2/c1-2-36-20-12-13-22(29-16-20)26-32-31-25(34(26)18-8-4-3-5-9-18)17-14-19(15-17)33-23-11-7-6-10-21(23)30-27(33)24(28)35/h3-13,16-17,19H,2,14-15H2,1H3,(H2,28,35). The lowest BCUT2D eigenvalue weighted by atomic mass is 9.79.